The van der Waals surface area contributed by atoms with Crippen molar-refractivity contribution in [1.29, 1.82) is 0 Å². The molecular weight excluding hydrogens is 230 g/mol. The number of hydrogen-bond donors (Lipinski definition) is 1. The molecule has 3 nitrogen and oxygen atoms in total. The smallest absolute Gasteiger partial charge is 0.203 e. The van der Waals surface area contributed by atoms with Gasteiger partial charge in [0.2, 0.25) is 5.13 Å². The van der Waals surface area contributed by atoms with Gasteiger partial charge in [-0.25, -0.2) is 4.98 Å². The summed E-state index contributed by atoms with van der Waals surface area (Å²) in [6.45, 7) is 6.34. The van der Waals surface area contributed by atoms with Crippen LogP contribution in [0.4, 0.5) is 5.13 Å². The van der Waals surface area contributed by atoms with E-state index in [0.717, 1.165) is 30.2 Å². The van der Waals surface area contributed by atoms with Crippen molar-refractivity contribution in [2.75, 3.05) is 11.2 Å². The molecule has 0 aromatic carbocycles. The summed E-state index contributed by atoms with van der Waals surface area (Å²) in [6.07, 6.45) is 3.00. The third kappa shape index (κ3) is 3.61. The standard InChI is InChI=1S/C10H18ClN3S/c1-4-6-8-12-9(15-14-8)13-10(3,5-2)7-11/h4-7H2,1-3H3,(H,12,13,14). The van der Waals surface area contributed by atoms with E-state index in [4.69, 9.17) is 11.6 Å². The lowest BCUT2D eigenvalue weighted by molar-refractivity contribution is 0.553. The highest BCUT2D eigenvalue weighted by molar-refractivity contribution is 7.09. The molecule has 1 atom stereocenters. The predicted molar refractivity (Wildman–Crippen MR) is 66.9 cm³/mol. The van der Waals surface area contributed by atoms with Crippen molar-refractivity contribution in [2.45, 2.75) is 45.6 Å². The van der Waals surface area contributed by atoms with Gasteiger partial charge in [-0.3, -0.25) is 0 Å². The van der Waals surface area contributed by atoms with Gasteiger partial charge in [0, 0.05) is 23.8 Å². The maximum Gasteiger partial charge on any atom is 0.203 e. The predicted octanol–water partition coefficient (Wildman–Crippen LogP) is 3.31. The number of halogens is 1. The number of aromatic nitrogens is 2. The van der Waals surface area contributed by atoms with Crippen molar-refractivity contribution in [3.63, 3.8) is 0 Å². The molecule has 0 aliphatic rings. The minimum atomic E-state index is -0.0788. The van der Waals surface area contributed by atoms with Crippen molar-refractivity contribution in [3.8, 4) is 0 Å². The first-order valence-electron chi connectivity index (χ1n) is 5.30. The lowest BCUT2D eigenvalue weighted by Gasteiger charge is -2.26. The maximum atomic E-state index is 5.92. The van der Waals surface area contributed by atoms with Gasteiger partial charge in [0.25, 0.3) is 0 Å². The third-order valence-electron chi connectivity index (χ3n) is 2.43. The van der Waals surface area contributed by atoms with E-state index in [1.807, 2.05) is 0 Å². The molecule has 1 unspecified atom stereocenters. The van der Waals surface area contributed by atoms with Gasteiger partial charge in [0.05, 0.1) is 5.54 Å². The average Bonchev–Trinajstić information content (AvgIpc) is 2.66. The highest BCUT2D eigenvalue weighted by Crippen LogP contribution is 2.21. The number of aryl methyl sites for hydroxylation is 1. The molecule has 0 aliphatic heterocycles. The molecule has 1 N–H and O–H groups in total. The van der Waals surface area contributed by atoms with Gasteiger partial charge in [-0.1, -0.05) is 13.8 Å². The Balaban J connectivity index is 2.63. The molecule has 0 spiro atoms. The van der Waals surface area contributed by atoms with Crippen LogP contribution in [0.5, 0.6) is 0 Å². The molecule has 0 amide bonds. The fraction of sp³-hybridized carbons (Fsp3) is 0.800. The number of anilines is 1. The Morgan fingerprint density at radius 2 is 2.20 bits per heavy atom. The summed E-state index contributed by atoms with van der Waals surface area (Å²) >= 11 is 7.34. The molecule has 1 heterocycles. The van der Waals surface area contributed by atoms with Gasteiger partial charge in [0.15, 0.2) is 0 Å². The van der Waals surface area contributed by atoms with Crippen molar-refractivity contribution in [2.24, 2.45) is 0 Å². The first-order chi connectivity index (χ1) is 7.13. The number of rotatable bonds is 6. The van der Waals surface area contributed by atoms with Gasteiger partial charge in [0.1, 0.15) is 5.82 Å². The molecule has 1 aromatic heterocycles. The van der Waals surface area contributed by atoms with Gasteiger partial charge in [-0.15, -0.1) is 11.6 Å². The van der Waals surface area contributed by atoms with E-state index >= 15 is 0 Å². The lowest BCUT2D eigenvalue weighted by Crippen LogP contribution is -2.35. The summed E-state index contributed by atoms with van der Waals surface area (Å²) in [5.41, 5.74) is -0.0788. The Hall–Kier alpha value is -0.350. The fourth-order valence-electron chi connectivity index (χ4n) is 1.10. The Morgan fingerprint density at radius 3 is 2.73 bits per heavy atom. The number of alkyl halides is 1. The molecule has 86 valence electrons. The largest absolute Gasteiger partial charge is 0.354 e. The SMILES string of the molecule is CCCc1nsc(NC(C)(CC)CCl)n1. The molecule has 5 heteroatoms. The first kappa shape index (κ1) is 12.7. The molecule has 0 radical (unpaired) electrons. The van der Waals surface area contributed by atoms with Crippen molar-refractivity contribution < 1.29 is 0 Å². The summed E-state index contributed by atoms with van der Waals surface area (Å²) in [4.78, 5) is 4.42. The normalized spacial score (nSPS) is 14.9. The third-order valence-corrected chi connectivity index (χ3v) is 3.68. The Kier molecular flexibility index (Phi) is 4.80. The second kappa shape index (κ2) is 5.66. The molecular formula is C10H18ClN3S. The Morgan fingerprint density at radius 1 is 1.47 bits per heavy atom. The molecule has 1 rings (SSSR count). The average molecular weight is 248 g/mol. The van der Waals surface area contributed by atoms with Crippen LogP contribution < -0.4 is 5.32 Å². The van der Waals surface area contributed by atoms with Crippen LogP contribution in [0.1, 0.15) is 39.4 Å². The van der Waals surface area contributed by atoms with Crippen molar-refractivity contribution in [3.05, 3.63) is 5.82 Å². The van der Waals surface area contributed by atoms with E-state index in [1.54, 1.807) is 0 Å². The van der Waals surface area contributed by atoms with Gasteiger partial charge in [-0.05, 0) is 19.8 Å². The second-order valence-electron chi connectivity index (χ2n) is 3.94. The van der Waals surface area contributed by atoms with Crippen LogP contribution in [-0.4, -0.2) is 20.8 Å². The summed E-state index contributed by atoms with van der Waals surface area (Å²) in [7, 11) is 0. The number of hydrogen-bond acceptors (Lipinski definition) is 4. The monoisotopic (exact) mass is 247 g/mol. The molecule has 0 fully saturated rings. The van der Waals surface area contributed by atoms with Crippen LogP contribution in [0.3, 0.4) is 0 Å². The van der Waals surface area contributed by atoms with Crippen LogP contribution in [-0.2, 0) is 6.42 Å². The topological polar surface area (TPSA) is 37.8 Å². The summed E-state index contributed by atoms with van der Waals surface area (Å²) in [5.74, 6) is 1.50. The Bertz CT molecular complexity index is 297. The zero-order valence-corrected chi connectivity index (χ0v) is 11.1. The molecule has 0 saturated carbocycles. The van der Waals surface area contributed by atoms with Crippen LogP contribution in [0.25, 0.3) is 0 Å². The van der Waals surface area contributed by atoms with E-state index in [0.29, 0.717) is 5.88 Å². The van der Waals surface area contributed by atoms with Gasteiger partial charge in [-0.2, -0.15) is 4.37 Å². The van der Waals surface area contributed by atoms with E-state index in [9.17, 15) is 0 Å². The molecule has 0 bridgehead atoms. The zero-order chi connectivity index (χ0) is 11.3. The van der Waals surface area contributed by atoms with Crippen LogP contribution in [0.15, 0.2) is 0 Å². The van der Waals surface area contributed by atoms with E-state index in [1.165, 1.54) is 11.5 Å². The molecule has 15 heavy (non-hydrogen) atoms. The van der Waals surface area contributed by atoms with Crippen LogP contribution in [0, 0.1) is 0 Å². The van der Waals surface area contributed by atoms with Gasteiger partial charge >= 0.3 is 0 Å². The zero-order valence-electron chi connectivity index (χ0n) is 9.51. The first-order valence-corrected chi connectivity index (χ1v) is 6.61. The number of nitrogens with one attached hydrogen (secondary N) is 1. The highest BCUT2D eigenvalue weighted by Gasteiger charge is 2.21. The summed E-state index contributed by atoms with van der Waals surface area (Å²) in [5, 5.41) is 4.22. The Labute approximate surface area is 100 Å². The molecule has 0 aliphatic carbocycles. The fourth-order valence-corrected chi connectivity index (χ4v) is 2.12. The van der Waals surface area contributed by atoms with Crippen molar-refractivity contribution >= 4 is 28.3 Å². The van der Waals surface area contributed by atoms with Crippen LogP contribution >= 0.6 is 23.1 Å². The quantitative estimate of drug-likeness (QED) is 0.784. The van der Waals surface area contributed by atoms with Crippen molar-refractivity contribution in [1.82, 2.24) is 9.36 Å². The minimum Gasteiger partial charge on any atom is -0.354 e. The maximum absolute atomic E-state index is 5.92. The molecule has 0 saturated heterocycles. The van der Waals surface area contributed by atoms with E-state index in [2.05, 4.69) is 35.4 Å². The van der Waals surface area contributed by atoms with Gasteiger partial charge < -0.3 is 5.32 Å². The van der Waals surface area contributed by atoms with E-state index in [-0.39, 0.29) is 5.54 Å². The second-order valence-corrected chi connectivity index (χ2v) is 4.96. The highest BCUT2D eigenvalue weighted by atomic mass is 35.5. The number of nitrogens with zero attached hydrogens (tertiary/aromatic N) is 2. The minimum absolute atomic E-state index is 0.0788. The van der Waals surface area contributed by atoms with Crippen LogP contribution in [0.2, 0.25) is 0 Å². The summed E-state index contributed by atoms with van der Waals surface area (Å²) < 4.78 is 4.28. The lowest BCUT2D eigenvalue weighted by atomic mass is 10.0. The van der Waals surface area contributed by atoms with E-state index < -0.39 is 0 Å². The summed E-state index contributed by atoms with van der Waals surface area (Å²) in [6, 6.07) is 0. The molecule has 1 aromatic rings.